The van der Waals surface area contributed by atoms with E-state index in [2.05, 4.69) is 28.1 Å². The van der Waals surface area contributed by atoms with Gasteiger partial charge in [-0.25, -0.2) is 4.98 Å². The molecule has 0 aliphatic carbocycles. The molecule has 0 spiro atoms. The molecule has 0 radical (unpaired) electrons. The van der Waals surface area contributed by atoms with Gasteiger partial charge in [0.25, 0.3) is 5.91 Å². The number of thiophene rings is 1. The molecule has 2 aromatic carbocycles. The van der Waals surface area contributed by atoms with E-state index in [1.165, 1.54) is 16.9 Å². The van der Waals surface area contributed by atoms with Crippen LogP contribution in [0.4, 0.5) is 0 Å². The third kappa shape index (κ3) is 6.39. The van der Waals surface area contributed by atoms with Crippen molar-refractivity contribution in [2.24, 2.45) is 0 Å². The fourth-order valence-electron chi connectivity index (χ4n) is 3.97. The van der Waals surface area contributed by atoms with Gasteiger partial charge in [-0.05, 0) is 73.5 Å². The van der Waals surface area contributed by atoms with Crippen LogP contribution in [0.1, 0.15) is 46.7 Å². The van der Waals surface area contributed by atoms with E-state index in [1.807, 2.05) is 48.7 Å². The van der Waals surface area contributed by atoms with Crippen molar-refractivity contribution in [3.63, 3.8) is 0 Å². The molecule has 34 heavy (non-hydrogen) atoms. The topological polar surface area (TPSA) is 56.1 Å². The predicted octanol–water partition coefficient (Wildman–Crippen LogP) is 6.67. The third-order valence-corrected chi connectivity index (χ3v) is 7.06. The van der Waals surface area contributed by atoms with Crippen molar-refractivity contribution in [1.29, 1.82) is 0 Å². The van der Waals surface area contributed by atoms with Crippen LogP contribution in [0.3, 0.4) is 0 Å². The number of para-hydroxylation sites is 2. The van der Waals surface area contributed by atoms with Crippen LogP contribution >= 0.6 is 22.9 Å². The molecular formula is C27H30ClN3O2S. The second kappa shape index (κ2) is 12.0. The maximum absolute atomic E-state index is 12.0. The maximum atomic E-state index is 12.0. The number of hydrogen-bond donors (Lipinski definition) is 1. The number of nitrogens with zero attached hydrogens (tertiary/aromatic N) is 2. The van der Waals surface area contributed by atoms with Crippen LogP contribution in [0.2, 0.25) is 5.02 Å². The summed E-state index contributed by atoms with van der Waals surface area (Å²) >= 11 is 7.57. The lowest BCUT2D eigenvalue weighted by atomic mass is 10.2. The molecule has 5 nitrogen and oxygen atoms in total. The molecule has 178 valence electrons. The Morgan fingerprint density at radius 3 is 2.79 bits per heavy atom. The first kappa shape index (κ1) is 24.3. The number of carbonyl (C=O) groups excluding carboxylic acids is 1. The summed E-state index contributed by atoms with van der Waals surface area (Å²) in [6, 6.07) is 17.8. The Bertz CT molecular complexity index is 1220. The Kier molecular flexibility index (Phi) is 8.61. The van der Waals surface area contributed by atoms with Gasteiger partial charge in [0, 0.05) is 24.5 Å². The number of nitrogens with one attached hydrogen (secondary N) is 1. The second-order valence-corrected chi connectivity index (χ2v) is 9.68. The summed E-state index contributed by atoms with van der Waals surface area (Å²) in [5, 5.41) is 5.68. The van der Waals surface area contributed by atoms with Crippen LogP contribution in [0, 0.1) is 6.92 Å². The molecule has 0 saturated heterocycles. The quantitative estimate of drug-likeness (QED) is 0.223. The highest BCUT2D eigenvalue weighted by Crippen LogP contribution is 2.22. The molecule has 4 rings (SSSR count). The van der Waals surface area contributed by atoms with Crippen molar-refractivity contribution in [1.82, 2.24) is 14.9 Å². The number of unbranched alkanes of at least 4 members (excludes halogenated alkanes) is 2. The zero-order valence-corrected chi connectivity index (χ0v) is 21.0. The minimum absolute atomic E-state index is 0.0211. The molecule has 7 heteroatoms. The Morgan fingerprint density at radius 2 is 1.97 bits per heavy atom. The number of hydrogen-bond acceptors (Lipinski definition) is 4. The van der Waals surface area contributed by atoms with Gasteiger partial charge in [-0.2, -0.15) is 0 Å². The Balaban J connectivity index is 1.25. The number of benzene rings is 2. The van der Waals surface area contributed by atoms with E-state index in [9.17, 15) is 4.79 Å². The van der Waals surface area contributed by atoms with Crippen LogP contribution in [-0.2, 0) is 13.0 Å². The normalized spacial score (nSPS) is 11.1. The Morgan fingerprint density at radius 1 is 1.09 bits per heavy atom. The van der Waals surface area contributed by atoms with E-state index in [-0.39, 0.29) is 5.91 Å². The lowest BCUT2D eigenvalue weighted by Gasteiger charge is -2.11. The van der Waals surface area contributed by atoms with Gasteiger partial charge in [-0.3, -0.25) is 4.79 Å². The van der Waals surface area contributed by atoms with Gasteiger partial charge < -0.3 is 14.6 Å². The predicted molar refractivity (Wildman–Crippen MR) is 140 cm³/mol. The number of amides is 1. The monoisotopic (exact) mass is 495 g/mol. The van der Waals surface area contributed by atoms with Gasteiger partial charge >= 0.3 is 0 Å². The van der Waals surface area contributed by atoms with Crippen molar-refractivity contribution in [3.05, 3.63) is 81.3 Å². The number of aromatic nitrogens is 2. The average molecular weight is 496 g/mol. The number of ether oxygens (including phenoxy) is 1. The number of halogens is 1. The first-order valence-corrected chi connectivity index (χ1v) is 13.0. The van der Waals surface area contributed by atoms with E-state index >= 15 is 0 Å². The molecule has 0 bridgehead atoms. The molecule has 0 fully saturated rings. The smallest absolute Gasteiger partial charge is 0.261 e. The zero-order valence-electron chi connectivity index (χ0n) is 19.4. The third-order valence-electron chi connectivity index (χ3n) is 5.77. The lowest BCUT2D eigenvalue weighted by Crippen LogP contribution is -2.23. The van der Waals surface area contributed by atoms with Crippen molar-refractivity contribution in [2.45, 2.75) is 45.6 Å². The molecule has 4 aromatic rings. The van der Waals surface area contributed by atoms with E-state index in [0.717, 1.165) is 71.2 Å². The van der Waals surface area contributed by atoms with Crippen LogP contribution in [0.15, 0.2) is 60.0 Å². The number of aryl methyl sites for hydroxylation is 3. The van der Waals surface area contributed by atoms with Crippen LogP contribution < -0.4 is 10.1 Å². The van der Waals surface area contributed by atoms with Gasteiger partial charge in [0.15, 0.2) is 0 Å². The highest BCUT2D eigenvalue weighted by molar-refractivity contribution is 7.12. The van der Waals surface area contributed by atoms with Crippen LogP contribution in [0.25, 0.3) is 11.0 Å². The summed E-state index contributed by atoms with van der Waals surface area (Å²) in [6.07, 6.45) is 4.87. The van der Waals surface area contributed by atoms with Gasteiger partial charge in [-0.15, -0.1) is 11.3 Å². The number of fused-ring (bicyclic) bond motifs is 1. The average Bonchev–Trinajstić information content (AvgIpc) is 3.50. The number of rotatable bonds is 12. The fourth-order valence-corrected chi connectivity index (χ4v) is 4.72. The van der Waals surface area contributed by atoms with E-state index in [0.29, 0.717) is 13.2 Å². The van der Waals surface area contributed by atoms with Crippen LogP contribution in [-0.4, -0.2) is 28.6 Å². The van der Waals surface area contributed by atoms with Gasteiger partial charge in [0.1, 0.15) is 11.6 Å². The summed E-state index contributed by atoms with van der Waals surface area (Å²) < 4.78 is 8.26. The summed E-state index contributed by atoms with van der Waals surface area (Å²) in [5.74, 6) is 1.99. The molecule has 0 aliphatic heterocycles. The van der Waals surface area contributed by atoms with E-state index < -0.39 is 0 Å². The van der Waals surface area contributed by atoms with Crippen molar-refractivity contribution >= 4 is 39.9 Å². The fraction of sp³-hybridized carbons (Fsp3) is 0.333. The van der Waals surface area contributed by atoms with Crippen LogP contribution in [0.5, 0.6) is 5.75 Å². The zero-order chi connectivity index (χ0) is 23.8. The summed E-state index contributed by atoms with van der Waals surface area (Å²) in [6.45, 7) is 4.18. The highest BCUT2D eigenvalue weighted by atomic mass is 35.5. The highest BCUT2D eigenvalue weighted by Gasteiger charge is 2.11. The summed E-state index contributed by atoms with van der Waals surface area (Å²) in [5.41, 5.74) is 3.23. The van der Waals surface area contributed by atoms with Crippen molar-refractivity contribution in [2.75, 3.05) is 13.2 Å². The molecule has 0 atom stereocenters. The first-order chi connectivity index (χ1) is 16.6. The summed E-state index contributed by atoms with van der Waals surface area (Å²) in [7, 11) is 0. The number of carbonyl (C=O) groups is 1. The molecule has 1 amide bonds. The minimum Gasteiger partial charge on any atom is -0.494 e. The molecular weight excluding hydrogens is 466 g/mol. The molecule has 2 heterocycles. The first-order valence-electron chi connectivity index (χ1n) is 11.8. The van der Waals surface area contributed by atoms with Gasteiger partial charge in [0.2, 0.25) is 0 Å². The second-order valence-electron chi connectivity index (χ2n) is 8.33. The minimum atomic E-state index is 0.0211. The molecule has 0 aliphatic rings. The molecule has 0 unspecified atom stereocenters. The van der Waals surface area contributed by atoms with Gasteiger partial charge in [0.05, 0.1) is 22.5 Å². The molecule has 0 saturated carbocycles. The lowest BCUT2D eigenvalue weighted by molar-refractivity contribution is 0.0957. The summed E-state index contributed by atoms with van der Waals surface area (Å²) in [4.78, 5) is 17.7. The van der Waals surface area contributed by atoms with E-state index in [4.69, 9.17) is 21.3 Å². The Hall–Kier alpha value is -2.83. The van der Waals surface area contributed by atoms with Crippen molar-refractivity contribution in [3.8, 4) is 5.75 Å². The Labute approximate surface area is 209 Å². The molecule has 2 aromatic heterocycles. The number of imidazole rings is 1. The largest absolute Gasteiger partial charge is 0.494 e. The maximum Gasteiger partial charge on any atom is 0.261 e. The molecule has 1 N–H and O–H groups in total. The van der Waals surface area contributed by atoms with Gasteiger partial charge in [-0.1, -0.05) is 36.2 Å². The van der Waals surface area contributed by atoms with Crippen molar-refractivity contribution < 1.29 is 9.53 Å². The standard InChI is InChI=1S/C27H30ClN3O2S/c1-20-19-21(13-14-22(20)28)33-17-8-16-31-24-10-5-4-9-23(24)30-26(31)12-3-2-6-15-29-27(32)25-11-7-18-34-25/h4-5,7,9-11,13-14,18-19H,2-3,6,8,12,15-17H2,1H3,(H,29,32). The SMILES string of the molecule is Cc1cc(OCCCn2c(CCCCCNC(=O)c3cccs3)nc3ccccc32)ccc1Cl. The van der Waals surface area contributed by atoms with E-state index in [1.54, 1.807) is 0 Å².